The Bertz CT molecular complexity index is 776. The van der Waals surface area contributed by atoms with Gasteiger partial charge in [0.1, 0.15) is 5.69 Å². The molecule has 0 bridgehead atoms. The summed E-state index contributed by atoms with van der Waals surface area (Å²) in [5.74, 6) is -6.64. The molecular formula is C17H15F4N3O. The van der Waals surface area contributed by atoms with E-state index in [1.165, 1.54) is 9.80 Å². The first-order chi connectivity index (χ1) is 11.9. The highest BCUT2D eigenvalue weighted by Crippen LogP contribution is 2.27. The van der Waals surface area contributed by atoms with Gasteiger partial charge < -0.3 is 9.80 Å². The Labute approximate surface area is 141 Å². The van der Waals surface area contributed by atoms with Gasteiger partial charge in [-0.1, -0.05) is 17.7 Å². The molecule has 0 N–H and O–H groups in total. The number of benzene rings is 1. The lowest BCUT2D eigenvalue weighted by molar-refractivity contribution is 0.0746. The van der Waals surface area contributed by atoms with Crippen LogP contribution in [0.2, 0.25) is 0 Å². The number of anilines is 1. The molecule has 0 spiro atoms. The average molecular weight is 353 g/mol. The number of carbonyl (C=O) groups excluding carboxylic acids is 1. The zero-order chi connectivity index (χ0) is 18.1. The molecule has 1 aliphatic rings. The number of pyridine rings is 1. The van der Waals surface area contributed by atoms with Crippen molar-refractivity contribution < 1.29 is 22.4 Å². The van der Waals surface area contributed by atoms with Gasteiger partial charge in [0.05, 0.1) is 0 Å². The SMILES string of the molecule is Cc1ccc(C(=O)N2CCN(c3c(F)c(F)nc(F)c3F)CC2)cc1. The van der Waals surface area contributed by atoms with Crippen LogP contribution in [0.25, 0.3) is 0 Å². The van der Waals surface area contributed by atoms with Gasteiger partial charge in [0.15, 0.2) is 0 Å². The summed E-state index contributed by atoms with van der Waals surface area (Å²) >= 11 is 0. The molecule has 1 amide bonds. The van der Waals surface area contributed by atoms with E-state index in [0.717, 1.165) is 5.56 Å². The molecule has 1 fully saturated rings. The number of carbonyl (C=O) groups is 1. The lowest BCUT2D eigenvalue weighted by Gasteiger charge is -2.36. The van der Waals surface area contributed by atoms with E-state index in [2.05, 4.69) is 4.98 Å². The van der Waals surface area contributed by atoms with Gasteiger partial charge in [0.25, 0.3) is 17.8 Å². The first kappa shape index (κ1) is 17.2. The molecule has 25 heavy (non-hydrogen) atoms. The monoisotopic (exact) mass is 353 g/mol. The molecule has 2 aromatic rings. The molecular weight excluding hydrogens is 338 g/mol. The zero-order valence-electron chi connectivity index (χ0n) is 13.4. The van der Waals surface area contributed by atoms with Crippen molar-refractivity contribution in [3.05, 3.63) is 58.9 Å². The molecule has 0 aliphatic carbocycles. The van der Waals surface area contributed by atoms with E-state index in [0.29, 0.717) is 5.56 Å². The Morgan fingerprint density at radius 1 is 0.920 bits per heavy atom. The smallest absolute Gasteiger partial charge is 0.253 e. The van der Waals surface area contributed by atoms with Crippen LogP contribution in [0.4, 0.5) is 23.2 Å². The Morgan fingerprint density at radius 3 is 1.96 bits per heavy atom. The van der Waals surface area contributed by atoms with E-state index >= 15 is 0 Å². The normalized spacial score (nSPS) is 14.8. The summed E-state index contributed by atoms with van der Waals surface area (Å²) in [6, 6.07) is 7.04. The van der Waals surface area contributed by atoms with Crippen molar-refractivity contribution in [2.75, 3.05) is 31.1 Å². The van der Waals surface area contributed by atoms with Gasteiger partial charge in [-0.2, -0.15) is 22.5 Å². The van der Waals surface area contributed by atoms with Crippen LogP contribution in [0.5, 0.6) is 0 Å². The van der Waals surface area contributed by atoms with E-state index in [1.807, 2.05) is 19.1 Å². The minimum Gasteiger partial charge on any atom is -0.363 e. The highest BCUT2D eigenvalue weighted by molar-refractivity contribution is 5.94. The molecule has 1 aromatic heterocycles. The van der Waals surface area contributed by atoms with Gasteiger partial charge in [0.2, 0.25) is 11.6 Å². The molecule has 4 nitrogen and oxygen atoms in total. The highest BCUT2D eigenvalue weighted by atomic mass is 19.2. The molecule has 1 aromatic carbocycles. The van der Waals surface area contributed by atoms with E-state index in [9.17, 15) is 22.4 Å². The third kappa shape index (κ3) is 3.29. The Hall–Kier alpha value is -2.64. The number of hydrogen-bond donors (Lipinski definition) is 0. The number of hydrogen-bond acceptors (Lipinski definition) is 3. The number of nitrogens with zero attached hydrogens (tertiary/aromatic N) is 3. The van der Waals surface area contributed by atoms with Crippen LogP contribution in [-0.2, 0) is 0 Å². The molecule has 0 atom stereocenters. The molecule has 0 unspecified atom stereocenters. The van der Waals surface area contributed by atoms with Gasteiger partial charge in [-0.15, -0.1) is 0 Å². The summed E-state index contributed by atoms with van der Waals surface area (Å²) in [5.41, 5.74) is 0.749. The Kier molecular flexibility index (Phi) is 4.61. The molecule has 0 radical (unpaired) electrons. The van der Waals surface area contributed by atoms with E-state index in [1.54, 1.807) is 12.1 Å². The molecule has 1 aliphatic heterocycles. The first-order valence-corrected chi connectivity index (χ1v) is 7.69. The van der Waals surface area contributed by atoms with Gasteiger partial charge >= 0.3 is 0 Å². The third-order valence-corrected chi connectivity index (χ3v) is 4.16. The summed E-state index contributed by atoms with van der Waals surface area (Å²) < 4.78 is 54.1. The lowest BCUT2D eigenvalue weighted by atomic mass is 10.1. The summed E-state index contributed by atoms with van der Waals surface area (Å²) in [6.07, 6.45) is 0. The summed E-state index contributed by atoms with van der Waals surface area (Å²) in [4.78, 5) is 17.7. The van der Waals surface area contributed by atoms with Crippen molar-refractivity contribution in [1.82, 2.24) is 9.88 Å². The minimum atomic E-state index is -1.69. The van der Waals surface area contributed by atoms with Gasteiger partial charge in [0, 0.05) is 31.7 Å². The predicted octanol–water partition coefficient (Wildman–Crippen LogP) is 2.91. The van der Waals surface area contributed by atoms with Crippen LogP contribution in [0.1, 0.15) is 15.9 Å². The second kappa shape index (κ2) is 6.70. The van der Waals surface area contributed by atoms with Crippen LogP contribution in [0, 0.1) is 30.5 Å². The van der Waals surface area contributed by atoms with Crippen molar-refractivity contribution in [2.24, 2.45) is 0 Å². The van der Waals surface area contributed by atoms with Gasteiger partial charge in [-0.05, 0) is 19.1 Å². The van der Waals surface area contributed by atoms with E-state index in [4.69, 9.17) is 0 Å². The van der Waals surface area contributed by atoms with Crippen molar-refractivity contribution in [3.8, 4) is 0 Å². The van der Waals surface area contributed by atoms with Crippen molar-refractivity contribution in [1.29, 1.82) is 0 Å². The zero-order valence-corrected chi connectivity index (χ0v) is 13.4. The average Bonchev–Trinajstić information content (AvgIpc) is 2.61. The fourth-order valence-corrected chi connectivity index (χ4v) is 2.77. The summed E-state index contributed by atoms with van der Waals surface area (Å²) in [6.45, 7) is 2.36. The van der Waals surface area contributed by atoms with Crippen LogP contribution >= 0.6 is 0 Å². The fourth-order valence-electron chi connectivity index (χ4n) is 2.77. The number of rotatable bonds is 2. The van der Waals surface area contributed by atoms with Crippen LogP contribution in [0.15, 0.2) is 24.3 Å². The number of aromatic nitrogens is 1. The van der Waals surface area contributed by atoms with Crippen molar-refractivity contribution in [2.45, 2.75) is 6.92 Å². The highest BCUT2D eigenvalue weighted by Gasteiger charge is 2.29. The molecule has 132 valence electrons. The number of aryl methyl sites for hydroxylation is 1. The fraction of sp³-hybridized carbons (Fsp3) is 0.294. The molecule has 3 rings (SSSR count). The topological polar surface area (TPSA) is 36.4 Å². The van der Waals surface area contributed by atoms with Crippen molar-refractivity contribution >= 4 is 11.6 Å². The van der Waals surface area contributed by atoms with E-state index in [-0.39, 0.29) is 32.1 Å². The number of amides is 1. The van der Waals surface area contributed by atoms with Gasteiger partial charge in [-0.25, -0.2) is 0 Å². The summed E-state index contributed by atoms with van der Waals surface area (Å²) in [5, 5.41) is 0. The maximum Gasteiger partial charge on any atom is 0.253 e. The Balaban J connectivity index is 1.74. The van der Waals surface area contributed by atoms with Gasteiger partial charge in [-0.3, -0.25) is 4.79 Å². The first-order valence-electron chi connectivity index (χ1n) is 7.69. The maximum atomic E-state index is 13.8. The predicted molar refractivity (Wildman–Crippen MR) is 83.4 cm³/mol. The minimum absolute atomic E-state index is 0.0499. The van der Waals surface area contributed by atoms with Crippen LogP contribution in [-0.4, -0.2) is 42.0 Å². The summed E-state index contributed by atoms with van der Waals surface area (Å²) in [7, 11) is 0. The number of piperazine rings is 1. The maximum absolute atomic E-state index is 13.8. The molecule has 8 heteroatoms. The van der Waals surface area contributed by atoms with E-state index < -0.39 is 29.2 Å². The van der Waals surface area contributed by atoms with Crippen molar-refractivity contribution in [3.63, 3.8) is 0 Å². The molecule has 2 heterocycles. The van der Waals surface area contributed by atoms with Crippen LogP contribution < -0.4 is 4.90 Å². The molecule has 1 saturated heterocycles. The second-order valence-corrected chi connectivity index (χ2v) is 5.82. The third-order valence-electron chi connectivity index (χ3n) is 4.16. The van der Waals surface area contributed by atoms with Crippen LogP contribution in [0.3, 0.4) is 0 Å². The largest absolute Gasteiger partial charge is 0.363 e. The number of halogens is 4. The second-order valence-electron chi connectivity index (χ2n) is 5.82. The standard InChI is InChI=1S/C17H15F4N3O/c1-10-2-4-11(5-3-10)17(25)24-8-6-23(7-9-24)14-12(18)15(20)22-16(21)13(14)19/h2-5H,6-9H2,1H3. The Morgan fingerprint density at radius 2 is 1.44 bits per heavy atom. The molecule has 0 saturated carbocycles. The lowest BCUT2D eigenvalue weighted by Crippen LogP contribution is -2.49. The quantitative estimate of drug-likeness (QED) is 0.615.